The number of thiazole rings is 1. The summed E-state index contributed by atoms with van der Waals surface area (Å²) < 4.78 is 13.2. The fourth-order valence-corrected chi connectivity index (χ4v) is 7.38. The average molecular weight is 741 g/mol. The van der Waals surface area contributed by atoms with Crippen LogP contribution in [0, 0.1) is 6.92 Å². The van der Waals surface area contributed by atoms with Gasteiger partial charge in [-0.3, -0.25) is 14.9 Å². The van der Waals surface area contributed by atoms with E-state index in [0.717, 1.165) is 38.0 Å². The van der Waals surface area contributed by atoms with E-state index in [1.54, 1.807) is 0 Å². The van der Waals surface area contributed by atoms with Gasteiger partial charge in [-0.15, -0.1) is 0 Å². The van der Waals surface area contributed by atoms with Crippen LogP contribution < -0.4 is 15.0 Å². The number of carbonyl (C=O) groups excluding carboxylic acids is 2. The van der Waals surface area contributed by atoms with Crippen LogP contribution in [0.25, 0.3) is 21.3 Å². The molecule has 54 heavy (non-hydrogen) atoms. The van der Waals surface area contributed by atoms with E-state index in [1.807, 2.05) is 119 Å². The van der Waals surface area contributed by atoms with E-state index in [4.69, 9.17) is 19.6 Å². The number of benzene rings is 4. The summed E-state index contributed by atoms with van der Waals surface area (Å²) in [5.41, 5.74) is 5.92. The number of fused-ring (bicyclic) bond motifs is 2. The van der Waals surface area contributed by atoms with Crippen molar-refractivity contribution < 1.29 is 29.0 Å². The molecule has 0 saturated heterocycles. The predicted octanol–water partition coefficient (Wildman–Crippen LogP) is 9.25. The van der Waals surface area contributed by atoms with Crippen molar-refractivity contribution in [3.05, 3.63) is 131 Å². The van der Waals surface area contributed by atoms with Crippen LogP contribution in [0.2, 0.25) is 0 Å². The number of anilines is 2. The molecule has 0 bridgehead atoms. The van der Waals surface area contributed by atoms with Crippen LogP contribution in [0.1, 0.15) is 70.3 Å². The summed E-state index contributed by atoms with van der Waals surface area (Å²) in [5.74, 6) is 0.197. The van der Waals surface area contributed by atoms with Gasteiger partial charge in [0.05, 0.1) is 10.2 Å². The molecular weight excluding hydrogens is 701 g/mol. The fraction of sp³-hybridized carbons (Fsp3) is 0.233. The number of nitrogens with zero attached hydrogens (tertiary/aromatic N) is 3. The highest BCUT2D eigenvalue weighted by Gasteiger charge is 2.28. The molecule has 274 valence electrons. The van der Waals surface area contributed by atoms with Crippen LogP contribution in [-0.4, -0.2) is 45.1 Å². The van der Waals surface area contributed by atoms with Crippen molar-refractivity contribution in [3.8, 4) is 22.6 Å². The molecule has 0 saturated carbocycles. The van der Waals surface area contributed by atoms with Crippen molar-refractivity contribution in [1.82, 2.24) is 9.97 Å². The first-order valence-corrected chi connectivity index (χ1v) is 18.6. The summed E-state index contributed by atoms with van der Waals surface area (Å²) in [6.45, 7) is 8.47. The maximum atomic E-state index is 13.9. The Morgan fingerprint density at radius 3 is 2.43 bits per heavy atom. The number of para-hydroxylation sites is 1. The zero-order valence-corrected chi connectivity index (χ0v) is 31.3. The number of aliphatic carboxylic acids is 1. The van der Waals surface area contributed by atoms with E-state index >= 15 is 0 Å². The lowest BCUT2D eigenvalue weighted by Gasteiger charge is -2.31. The number of hydrogen-bond acceptors (Lipinski definition) is 9. The Hall–Kier alpha value is -6.07. The number of hydrogen-bond donors (Lipinski definition) is 2. The van der Waals surface area contributed by atoms with Crippen molar-refractivity contribution in [2.75, 3.05) is 16.8 Å². The summed E-state index contributed by atoms with van der Waals surface area (Å²) >= 11 is 1.44. The highest BCUT2D eigenvalue weighted by Crippen LogP contribution is 2.37. The molecule has 0 spiro atoms. The molecule has 0 unspecified atom stereocenters. The molecule has 7 rings (SSSR count). The molecule has 1 aliphatic heterocycles. The third kappa shape index (κ3) is 8.11. The van der Waals surface area contributed by atoms with E-state index < -0.39 is 17.5 Å². The van der Waals surface area contributed by atoms with E-state index in [1.165, 1.54) is 11.3 Å². The van der Waals surface area contributed by atoms with Crippen LogP contribution in [0.15, 0.2) is 97.1 Å². The molecule has 2 N–H and O–H groups in total. The number of rotatable bonds is 10. The Labute approximate surface area is 317 Å². The molecule has 1 aliphatic rings. The Morgan fingerprint density at radius 1 is 0.889 bits per heavy atom. The molecule has 0 fully saturated rings. The van der Waals surface area contributed by atoms with Gasteiger partial charge < -0.3 is 19.5 Å². The first-order chi connectivity index (χ1) is 25.9. The minimum absolute atomic E-state index is 0.0587. The third-order valence-electron chi connectivity index (χ3n) is 9.18. The number of carbonyl (C=O) groups is 3. The van der Waals surface area contributed by atoms with Crippen LogP contribution in [0.3, 0.4) is 0 Å². The number of aryl methyl sites for hydroxylation is 1. The van der Waals surface area contributed by atoms with Crippen LogP contribution >= 0.6 is 11.3 Å². The maximum Gasteiger partial charge on any atom is 0.358 e. The number of pyridine rings is 1. The molecule has 4 aromatic carbocycles. The number of aromatic nitrogens is 2. The second kappa shape index (κ2) is 15.1. The second-order valence-corrected chi connectivity index (χ2v) is 15.2. The Kier molecular flexibility index (Phi) is 10.2. The smallest absolute Gasteiger partial charge is 0.358 e. The predicted molar refractivity (Wildman–Crippen MR) is 211 cm³/mol. The molecule has 2 aromatic heterocycles. The Balaban J connectivity index is 1.17. The third-order valence-corrected chi connectivity index (χ3v) is 10.1. The summed E-state index contributed by atoms with van der Waals surface area (Å²) in [5, 5.41) is 12.6. The lowest BCUT2D eigenvalue weighted by atomic mass is 9.94. The fourth-order valence-electron chi connectivity index (χ4n) is 6.52. The molecule has 0 radical (unpaired) electrons. The average Bonchev–Trinajstić information content (AvgIpc) is 3.56. The van der Waals surface area contributed by atoms with Crippen molar-refractivity contribution in [2.45, 2.75) is 59.1 Å². The van der Waals surface area contributed by atoms with Crippen LogP contribution in [0.5, 0.6) is 11.5 Å². The van der Waals surface area contributed by atoms with Gasteiger partial charge in [-0.05, 0) is 117 Å². The second-order valence-electron chi connectivity index (χ2n) is 14.2. The normalized spacial score (nSPS) is 12.6. The molecule has 10 nitrogen and oxygen atoms in total. The topological polar surface area (TPSA) is 131 Å². The van der Waals surface area contributed by atoms with Gasteiger partial charge in [-0.25, -0.2) is 14.8 Å². The van der Waals surface area contributed by atoms with Gasteiger partial charge in [0, 0.05) is 30.6 Å². The SMILES string of the molecule is Cc1c(Oc2ccc(CCC(=O)O)cc2)cccc1-c1ccc(N2CCc3cccc(C(=O)Nc4nc5ccccc5s4)c3C2)nc1C(=O)OC(C)(C)C. The molecule has 6 aromatic rings. The number of esters is 1. The van der Waals surface area contributed by atoms with E-state index in [2.05, 4.69) is 21.3 Å². The molecule has 0 atom stereocenters. The number of carboxylic acid groups (broad SMARTS) is 1. The van der Waals surface area contributed by atoms with Gasteiger partial charge in [-0.2, -0.15) is 0 Å². The standard InChI is InChI=1S/C43H40N4O6S/c1-26-30(10-8-13-35(26)52-29-18-15-27(16-19-29)17-22-38(48)49)31-20-21-37(45-39(31)41(51)53-43(2,3)4)47-24-23-28-9-7-11-32(33(28)25-47)40(50)46-42-44-34-12-5-6-14-36(34)54-42/h5-16,18-21H,17,22-25H2,1-4H3,(H,48,49)(H,44,46,50). The summed E-state index contributed by atoms with van der Waals surface area (Å²) in [4.78, 5) is 50.1. The molecule has 3 heterocycles. The van der Waals surface area contributed by atoms with Gasteiger partial charge in [-0.1, -0.05) is 59.9 Å². The van der Waals surface area contributed by atoms with E-state index in [-0.39, 0.29) is 18.0 Å². The first-order valence-electron chi connectivity index (χ1n) is 17.8. The molecule has 1 amide bonds. The van der Waals surface area contributed by atoms with Gasteiger partial charge >= 0.3 is 11.9 Å². The van der Waals surface area contributed by atoms with Crippen molar-refractivity contribution in [1.29, 1.82) is 0 Å². The van der Waals surface area contributed by atoms with Crippen molar-refractivity contribution >= 4 is 50.3 Å². The number of nitrogens with one attached hydrogen (secondary N) is 1. The Bertz CT molecular complexity index is 2350. The van der Waals surface area contributed by atoms with E-state index in [9.17, 15) is 14.4 Å². The monoisotopic (exact) mass is 740 g/mol. The molecule has 11 heteroatoms. The van der Waals surface area contributed by atoms with Crippen LogP contribution in [-0.2, 0) is 28.9 Å². The minimum atomic E-state index is -0.840. The lowest BCUT2D eigenvalue weighted by molar-refractivity contribution is -0.136. The summed E-state index contributed by atoms with van der Waals surface area (Å²) in [6, 6.07) is 30.4. The largest absolute Gasteiger partial charge is 0.481 e. The minimum Gasteiger partial charge on any atom is -0.481 e. The quantitative estimate of drug-likeness (QED) is 0.132. The van der Waals surface area contributed by atoms with E-state index in [0.29, 0.717) is 59.5 Å². The number of carboxylic acids is 1. The van der Waals surface area contributed by atoms with Gasteiger partial charge in [0.15, 0.2) is 10.8 Å². The zero-order chi connectivity index (χ0) is 38.0. The number of amides is 1. The van der Waals surface area contributed by atoms with Gasteiger partial charge in [0.25, 0.3) is 5.91 Å². The van der Waals surface area contributed by atoms with Gasteiger partial charge in [0.1, 0.15) is 22.9 Å². The molecular formula is C43H40N4O6S. The highest BCUT2D eigenvalue weighted by atomic mass is 32.1. The molecule has 0 aliphatic carbocycles. The first kappa shape index (κ1) is 36.3. The van der Waals surface area contributed by atoms with Crippen molar-refractivity contribution in [2.24, 2.45) is 0 Å². The Morgan fingerprint density at radius 2 is 1.67 bits per heavy atom. The summed E-state index contributed by atoms with van der Waals surface area (Å²) in [6.07, 6.45) is 1.19. The number of ether oxygens (including phenoxy) is 2. The van der Waals surface area contributed by atoms with Gasteiger partial charge in [0.2, 0.25) is 0 Å². The maximum absolute atomic E-state index is 13.9. The van der Waals surface area contributed by atoms with Crippen molar-refractivity contribution in [3.63, 3.8) is 0 Å². The lowest BCUT2D eigenvalue weighted by Crippen LogP contribution is -2.33. The highest BCUT2D eigenvalue weighted by molar-refractivity contribution is 7.22. The summed E-state index contributed by atoms with van der Waals surface area (Å²) in [7, 11) is 0. The zero-order valence-electron chi connectivity index (χ0n) is 30.5. The van der Waals surface area contributed by atoms with Crippen LogP contribution in [0.4, 0.5) is 10.9 Å².